The third-order valence-electron chi connectivity index (χ3n) is 4.88. The van der Waals surface area contributed by atoms with Crippen LogP contribution in [0.3, 0.4) is 0 Å². The molecule has 25 heavy (non-hydrogen) atoms. The molecule has 2 fully saturated rings. The van der Waals surface area contributed by atoms with Crippen LogP contribution in [0.15, 0.2) is 4.52 Å². The Kier molecular flexibility index (Phi) is 6.82. The Bertz CT molecular complexity index is 566. The summed E-state index contributed by atoms with van der Waals surface area (Å²) in [5, 5.41) is 7.39. The molecule has 1 N–H and O–H groups in total. The van der Waals surface area contributed by atoms with Gasteiger partial charge in [-0.15, -0.1) is 12.4 Å². The van der Waals surface area contributed by atoms with E-state index in [9.17, 15) is 4.79 Å². The van der Waals surface area contributed by atoms with Crippen molar-refractivity contribution in [2.75, 3.05) is 39.3 Å². The summed E-state index contributed by atoms with van der Waals surface area (Å²) in [6.45, 7) is 12.2. The van der Waals surface area contributed by atoms with Crippen LogP contribution in [0, 0.1) is 0 Å². The zero-order chi connectivity index (χ0) is 17.2. The Hall–Kier alpha value is -1.18. The number of aryl methyl sites for hydroxylation is 1. The summed E-state index contributed by atoms with van der Waals surface area (Å²) >= 11 is 0. The van der Waals surface area contributed by atoms with Crippen LogP contribution in [0.5, 0.6) is 0 Å². The summed E-state index contributed by atoms with van der Waals surface area (Å²) in [6.07, 6.45) is 2.05. The van der Waals surface area contributed by atoms with Gasteiger partial charge in [0, 0.05) is 63.6 Å². The largest absolute Gasteiger partial charge is 0.341 e. The summed E-state index contributed by atoms with van der Waals surface area (Å²) in [6, 6.07) is 0.520. The third kappa shape index (κ3) is 5.15. The maximum absolute atomic E-state index is 12.5. The lowest BCUT2D eigenvalue weighted by atomic mass is 9.96. The quantitative estimate of drug-likeness (QED) is 0.858. The topological polar surface area (TPSA) is 74.5 Å². The van der Waals surface area contributed by atoms with Crippen LogP contribution < -0.4 is 5.32 Å². The molecule has 7 nitrogen and oxygen atoms in total. The van der Waals surface area contributed by atoms with Gasteiger partial charge in [0.15, 0.2) is 5.82 Å². The van der Waals surface area contributed by atoms with Crippen LogP contribution >= 0.6 is 12.4 Å². The predicted octanol–water partition coefficient (Wildman–Crippen LogP) is 1.23. The third-order valence-corrected chi connectivity index (χ3v) is 4.88. The zero-order valence-corrected chi connectivity index (χ0v) is 16.3. The highest BCUT2D eigenvalue weighted by atomic mass is 35.5. The van der Waals surface area contributed by atoms with E-state index in [-0.39, 0.29) is 23.7 Å². The molecular weight excluding hydrogens is 342 g/mol. The van der Waals surface area contributed by atoms with Crippen molar-refractivity contribution < 1.29 is 9.32 Å². The monoisotopic (exact) mass is 371 g/mol. The minimum Gasteiger partial charge on any atom is -0.341 e. The number of carbonyl (C=O) groups excluding carboxylic acids is 1. The van der Waals surface area contributed by atoms with Gasteiger partial charge in [-0.25, -0.2) is 0 Å². The first-order valence-electron chi connectivity index (χ1n) is 8.99. The Morgan fingerprint density at radius 2 is 2.00 bits per heavy atom. The maximum atomic E-state index is 12.5. The highest BCUT2D eigenvalue weighted by Gasteiger charge is 2.31. The highest BCUT2D eigenvalue weighted by molar-refractivity contribution is 5.85. The van der Waals surface area contributed by atoms with Crippen LogP contribution in [0.1, 0.15) is 45.3 Å². The van der Waals surface area contributed by atoms with Crippen LogP contribution in [0.25, 0.3) is 0 Å². The molecule has 1 aromatic heterocycles. The second-order valence-corrected chi connectivity index (χ2v) is 7.83. The molecule has 0 saturated carbocycles. The number of nitrogens with one attached hydrogen (secondary N) is 1. The number of amides is 1. The zero-order valence-electron chi connectivity index (χ0n) is 15.5. The molecule has 0 aliphatic carbocycles. The Balaban J connectivity index is 0.00000225. The molecule has 0 spiro atoms. The molecule has 1 amide bonds. The Labute approximate surface area is 155 Å². The van der Waals surface area contributed by atoms with Crippen LogP contribution in [-0.2, 0) is 16.6 Å². The van der Waals surface area contributed by atoms with Gasteiger partial charge in [-0.2, -0.15) is 4.98 Å². The van der Waals surface area contributed by atoms with Crippen molar-refractivity contribution in [1.82, 2.24) is 25.3 Å². The van der Waals surface area contributed by atoms with Gasteiger partial charge in [0.2, 0.25) is 11.8 Å². The number of nitrogens with zero attached hydrogens (tertiary/aromatic N) is 4. The second kappa shape index (κ2) is 8.47. The van der Waals surface area contributed by atoms with E-state index in [2.05, 4.69) is 20.4 Å². The van der Waals surface area contributed by atoms with E-state index < -0.39 is 0 Å². The van der Waals surface area contributed by atoms with E-state index in [0.29, 0.717) is 30.6 Å². The van der Waals surface area contributed by atoms with Gasteiger partial charge in [0.25, 0.3) is 0 Å². The van der Waals surface area contributed by atoms with E-state index in [4.69, 9.17) is 4.52 Å². The number of halogens is 1. The molecule has 142 valence electrons. The molecule has 1 aromatic rings. The Morgan fingerprint density at radius 1 is 1.28 bits per heavy atom. The lowest BCUT2D eigenvalue weighted by Crippen LogP contribution is -2.49. The lowest BCUT2D eigenvalue weighted by molar-refractivity contribution is -0.130. The number of aromatic nitrogens is 2. The van der Waals surface area contributed by atoms with Gasteiger partial charge in [-0.1, -0.05) is 25.9 Å². The summed E-state index contributed by atoms with van der Waals surface area (Å²) in [7, 11) is 0. The average Bonchev–Trinajstić information content (AvgIpc) is 3.22. The fourth-order valence-corrected chi connectivity index (χ4v) is 3.35. The molecule has 2 saturated heterocycles. The minimum absolute atomic E-state index is 0. The second-order valence-electron chi connectivity index (χ2n) is 7.83. The minimum atomic E-state index is -0.128. The first-order chi connectivity index (χ1) is 11.4. The van der Waals surface area contributed by atoms with Gasteiger partial charge in [-0.3, -0.25) is 9.69 Å². The van der Waals surface area contributed by atoms with Gasteiger partial charge in [0.1, 0.15) is 0 Å². The van der Waals surface area contributed by atoms with E-state index in [1.807, 2.05) is 25.7 Å². The first kappa shape index (κ1) is 20.1. The first-order valence-corrected chi connectivity index (χ1v) is 8.99. The molecule has 3 rings (SSSR count). The fourth-order valence-electron chi connectivity index (χ4n) is 3.35. The van der Waals surface area contributed by atoms with Crippen molar-refractivity contribution in [1.29, 1.82) is 0 Å². The van der Waals surface area contributed by atoms with Gasteiger partial charge >= 0.3 is 0 Å². The number of carbonyl (C=O) groups is 1. The van der Waals surface area contributed by atoms with Crippen molar-refractivity contribution in [3.63, 3.8) is 0 Å². The molecule has 0 radical (unpaired) electrons. The molecule has 2 aliphatic heterocycles. The van der Waals surface area contributed by atoms with Crippen molar-refractivity contribution in [3.05, 3.63) is 11.7 Å². The van der Waals surface area contributed by atoms with E-state index in [0.717, 1.165) is 45.7 Å². The average molecular weight is 372 g/mol. The van der Waals surface area contributed by atoms with Crippen LogP contribution in [0.2, 0.25) is 0 Å². The van der Waals surface area contributed by atoms with Crippen molar-refractivity contribution >= 4 is 18.3 Å². The molecule has 0 aromatic carbocycles. The van der Waals surface area contributed by atoms with Crippen molar-refractivity contribution in [3.8, 4) is 0 Å². The number of piperazine rings is 1. The number of hydrogen-bond acceptors (Lipinski definition) is 6. The fraction of sp³-hybridized carbons (Fsp3) is 0.824. The molecule has 1 unspecified atom stereocenters. The van der Waals surface area contributed by atoms with Crippen molar-refractivity contribution in [2.45, 2.75) is 51.5 Å². The van der Waals surface area contributed by atoms with Gasteiger partial charge in [-0.05, 0) is 6.42 Å². The van der Waals surface area contributed by atoms with Crippen molar-refractivity contribution in [2.24, 2.45) is 0 Å². The SMILES string of the molecule is CC(C)(C)c1noc(CCC(=O)N2CCC(N3CCNCC3)C2)n1.Cl. The number of likely N-dealkylation sites (tertiary alicyclic amines) is 1. The van der Waals surface area contributed by atoms with E-state index in [1.54, 1.807) is 0 Å². The lowest BCUT2D eigenvalue weighted by Gasteiger charge is -2.32. The van der Waals surface area contributed by atoms with E-state index in [1.165, 1.54) is 0 Å². The summed E-state index contributed by atoms with van der Waals surface area (Å²) in [4.78, 5) is 21.4. The van der Waals surface area contributed by atoms with Gasteiger partial charge in [0.05, 0.1) is 0 Å². The normalized spacial score (nSPS) is 22.0. The molecule has 8 heteroatoms. The Morgan fingerprint density at radius 3 is 2.64 bits per heavy atom. The summed E-state index contributed by atoms with van der Waals surface area (Å²) < 4.78 is 5.27. The molecule has 1 atom stereocenters. The summed E-state index contributed by atoms with van der Waals surface area (Å²) in [5.74, 6) is 1.46. The molecule has 3 heterocycles. The molecule has 2 aliphatic rings. The van der Waals surface area contributed by atoms with Crippen LogP contribution in [0.4, 0.5) is 0 Å². The predicted molar refractivity (Wildman–Crippen MR) is 98.0 cm³/mol. The highest BCUT2D eigenvalue weighted by Crippen LogP contribution is 2.20. The smallest absolute Gasteiger partial charge is 0.227 e. The molecular formula is C17H30ClN5O2. The van der Waals surface area contributed by atoms with E-state index >= 15 is 0 Å². The number of rotatable bonds is 4. The molecule has 0 bridgehead atoms. The number of hydrogen-bond donors (Lipinski definition) is 1. The summed E-state index contributed by atoms with van der Waals surface area (Å²) in [5.41, 5.74) is -0.128. The maximum Gasteiger partial charge on any atom is 0.227 e. The van der Waals surface area contributed by atoms with Gasteiger partial charge < -0.3 is 14.7 Å². The van der Waals surface area contributed by atoms with Crippen LogP contribution in [-0.4, -0.2) is 71.2 Å². The standard InChI is InChI=1S/C17H29N5O2.ClH/c1-17(2,3)16-19-14(24-20-16)4-5-15(23)22-9-6-13(12-22)21-10-7-18-8-11-21;/h13,18H,4-12H2,1-3H3;1H.